The summed E-state index contributed by atoms with van der Waals surface area (Å²) in [5, 5.41) is 0. The number of hydrogen-bond acceptors (Lipinski definition) is 3. The van der Waals surface area contributed by atoms with Crippen LogP contribution in [0.25, 0.3) is 0 Å². The summed E-state index contributed by atoms with van der Waals surface area (Å²) in [4.78, 5) is 14.8. The van der Waals surface area contributed by atoms with Crippen LogP contribution in [0, 0.1) is 0 Å². The molecular formula is C20H23F2NO3. The fraction of sp³-hybridized carbons (Fsp3) is 0.350. The molecule has 1 atom stereocenters. The SMILES string of the molecule is CCC(C)N(Cc1ccccc1)C(=O)c1ccc(OC(F)F)c(OC)c1. The Bertz CT molecular complexity index is 722. The number of hydrogen-bond donors (Lipinski definition) is 0. The number of carbonyl (C=O) groups excluding carboxylic acids is 1. The summed E-state index contributed by atoms with van der Waals surface area (Å²) in [5.41, 5.74) is 1.38. The highest BCUT2D eigenvalue weighted by molar-refractivity contribution is 5.95. The predicted octanol–water partition coefficient (Wildman–Crippen LogP) is 4.74. The number of alkyl halides is 2. The van der Waals surface area contributed by atoms with E-state index in [2.05, 4.69) is 4.74 Å². The number of ether oxygens (including phenoxy) is 2. The largest absolute Gasteiger partial charge is 0.493 e. The van der Waals surface area contributed by atoms with Gasteiger partial charge in [-0.25, -0.2) is 0 Å². The number of halogens is 2. The standard InChI is InChI=1S/C20H23F2NO3/c1-4-14(2)23(13-15-8-6-5-7-9-15)19(24)16-10-11-17(26-20(21)22)18(12-16)25-3/h5-12,14,20H,4,13H2,1-3H3. The molecule has 0 aliphatic carbocycles. The lowest BCUT2D eigenvalue weighted by Crippen LogP contribution is -2.37. The number of methoxy groups -OCH3 is 1. The van der Waals surface area contributed by atoms with E-state index in [1.807, 2.05) is 44.2 Å². The van der Waals surface area contributed by atoms with Crippen molar-refractivity contribution < 1.29 is 23.0 Å². The molecule has 2 aromatic carbocycles. The molecule has 1 unspecified atom stereocenters. The highest BCUT2D eigenvalue weighted by Gasteiger charge is 2.22. The molecule has 26 heavy (non-hydrogen) atoms. The molecule has 0 radical (unpaired) electrons. The van der Waals surface area contributed by atoms with Crippen LogP contribution in [-0.2, 0) is 6.54 Å². The quantitative estimate of drug-likeness (QED) is 0.680. The second-order valence-corrected chi connectivity index (χ2v) is 5.92. The van der Waals surface area contributed by atoms with Crippen LogP contribution in [-0.4, -0.2) is 30.6 Å². The van der Waals surface area contributed by atoms with Gasteiger partial charge in [0.05, 0.1) is 7.11 Å². The first-order chi connectivity index (χ1) is 12.5. The van der Waals surface area contributed by atoms with Crippen LogP contribution >= 0.6 is 0 Å². The number of nitrogens with zero attached hydrogens (tertiary/aromatic N) is 1. The van der Waals surface area contributed by atoms with Crippen LogP contribution in [0.15, 0.2) is 48.5 Å². The summed E-state index contributed by atoms with van der Waals surface area (Å²) >= 11 is 0. The normalized spacial score (nSPS) is 11.9. The van der Waals surface area contributed by atoms with Crippen molar-refractivity contribution in [2.24, 2.45) is 0 Å². The molecule has 0 fully saturated rings. The van der Waals surface area contributed by atoms with Crippen LogP contribution in [0.5, 0.6) is 11.5 Å². The maximum atomic E-state index is 13.0. The summed E-state index contributed by atoms with van der Waals surface area (Å²) in [6.45, 7) is 1.49. The summed E-state index contributed by atoms with van der Waals surface area (Å²) in [6, 6.07) is 13.9. The van der Waals surface area contributed by atoms with Crippen molar-refractivity contribution in [1.82, 2.24) is 4.90 Å². The van der Waals surface area contributed by atoms with E-state index in [9.17, 15) is 13.6 Å². The second kappa shape index (κ2) is 9.17. The van der Waals surface area contributed by atoms with Gasteiger partial charge < -0.3 is 14.4 Å². The van der Waals surface area contributed by atoms with Crippen LogP contribution in [0.1, 0.15) is 36.2 Å². The molecule has 0 heterocycles. The van der Waals surface area contributed by atoms with Gasteiger partial charge in [0.25, 0.3) is 5.91 Å². The lowest BCUT2D eigenvalue weighted by atomic mass is 10.1. The average Bonchev–Trinajstić information content (AvgIpc) is 2.65. The van der Waals surface area contributed by atoms with E-state index in [-0.39, 0.29) is 23.4 Å². The van der Waals surface area contributed by atoms with E-state index in [0.29, 0.717) is 12.1 Å². The van der Waals surface area contributed by atoms with Crippen molar-refractivity contribution in [3.8, 4) is 11.5 Å². The van der Waals surface area contributed by atoms with Gasteiger partial charge in [0.2, 0.25) is 0 Å². The van der Waals surface area contributed by atoms with Gasteiger partial charge in [-0.15, -0.1) is 0 Å². The average molecular weight is 363 g/mol. The van der Waals surface area contributed by atoms with Gasteiger partial charge in [-0.3, -0.25) is 4.79 Å². The summed E-state index contributed by atoms with van der Waals surface area (Å²) in [5.74, 6) is -0.192. The molecule has 2 rings (SSSR count). The van der Waals surface area contributed by atoms with Crippen molar-refractivity contribution in [2.45, 2.75) is 39.5 Å². The predicted molar refractivity (Wildman–Crippen MR) is 95.7 cm³/mol. The van der Waals surface area contributed by atoms with Gasteiger partial charge >= 0.3 is 6.61 Å². The third-order valence-corrected chi connectivity index (χ3v) is 4.21. The van der Waals surface area contributed by atoms with E-state index >= 15 is 0 Å². The van der Waals surface area contributed by atoms with Gasteiger partial charge in [-0.2, -0.15) is 8.78 Å². The Hall–Kier alpha value is -2.63. The van der Waals surface area contributed by atoms with E-state index in [1.54, 1.807) is 4.90 Å². The number of rotatable bonds is 8. The van der Waals surface area contributed by atoms with Crippen LogP contribution < -0.4 is 9.47 Å². The van der Waals surface area contributed by atoms with Crippen molar-refractivity contribution in [1.29, 1.82) is 0 Å². The van der Waals surface area contributed by atoms with Gasteiger partial charge in [-0.1, -0.05) is 37.3 Å². The van der Waals surface area contributed by atoms with Crippen LogP contribution in [0.3, 0.4) is 0 Å². The van der Waals surface area contributed by atoms with E-state index in [4.69, 9.17) is 4.74 Å². The smallest absolute Gasteiger partial charge is 0.387 e. The Labute approximate surface area is 152 Å². The Morgan fingerprint density at radius 3 is 2.38 bits per heavy atom. The topological polar surface area (TPSA) is 38.8 Å². The Morgan fingerprint density at radius 1 is 1.12 bits per heavy atom. The number of carbonyl (C=O) groups is 1. The highest BCUT2D eigenvalue weighted by atomic mass is 19.3. The molecule has 0 aliphatic rings. The minimum Gasteiger partial charge on any atom is -0.493 e. The summed E-state index contributed by atoms with van der Waals surface area (Å²) in [6.07, 6.45) is 0.794. The molecule has 0 spiro atoms. The van der Waals surface area contributed by atoms with Crippen molar-refractivity contribution in [2.75, 3.05) is 7.11 Å². The molecule has 0 bridgehead atoms. The molecule has 6 heteroatoms. The van der Waals surface area contributed by atoms with Crippen molar-refractivity contribution in [3.63, 3.8) is 0 Å². The van der Waals surface area contributed by atoms with Crippen molar-refractivity contribution in [3.05, 3.63) is 59.7 Å². The molecular weight excluding hydrogens is 340 g/mol. The Kier molecular flexibility index (Phi) is 6.95. The zero-order valence-corrected chi connectivity index (χ0v) is 15.1. The van der Waals surface area contributed by atoms with Crippen LogP contribution in [0.2, 0.25) is 0 Å². The minimum absolute atomic E-state index is 0.0192. The van der Waals surface area contributed by atoms with Gasteiger partial charge in [0.1, 0.15) is 0 Å². The molecule has 0 saturated heterocycles. The fourth-order valence-electron chi connectivity index (χ4n) is 2.59. The summed E-state index contributed by atoms with van der Waals surface area (Å²) < 4.78 is 34.4. The van der Waals surface area contributed by atoms with Crippen LogP contribution in [0.4, 0.5) is 8.78 Å². The molecule has 140 valence electrons. The van der Waals surface area contributed by atoms with E-state index in [0.717, 1.165) is 12.0 Å². The Balaban J connectivity index is 2.29. The third-order valence-electron chi connectivity index (χ3n) is 4.21. The van der Waals surface area contributed by atoms with Gasteiger partial charge in [0.15, 0.2) is 11.5 Å². The Morgan fingerprint density at radius 2 is 1.81 bits per heavy atom. The van der Waals surface area contributed by atoms with Gasteiger partial charge in [-0.05, 0) is 37.1 Å². The van der Waals surface area contributed by atoms with E-state index < -0.39 is 6.61 Å². The number of amides is 1. The van der Waals surface area contributed by atoms with Crippen molar-refractivity contribution >= 4 is 5.91 Å². The number of benzene rings is 2. The molecule has 0 aromatic heterocycles. The van der Waals surface area contributed by atoms with E-state index in [1.165, 1.54) is 25.3 Å². The van der Waals surface area contributed by atoms with Gasteiger partial charge in [0, 0.05) is 18.2 Å². The molecule has 2 aromatic rings. The zero-order valence-electron chi connectivity index (χ0n) is 15.1. The minimum atomic E-state index is -2.96. The molecule has 1 amide bonds. The molecule has 4 nitrogen and oxygen atoms in total. The first kappa shape index (κ1) is 19.7. The maximum Gasteiger partial charge on any atom is 0.387 e. The lowest BCUT2D eigenvalue weighted by molar-refractivity contribution is -0.0512. The first-order valence-corrected chi connectivity index (χ1v) is 8.44. The molecule has 0 N–H and O–H groups in total. The molecule has 0 aliphatic heterocycles. The molecule has 0 saturated carbocycles. The maximum absolute atomic E-state index is 13.0. The zero-order chi connectivity index (χ0) is 19.1. The lowest BCUT2D eigenvalue weighted by Gasteiger charge is -2.29. The second-order valence-electron chi connectivity index (χ2n) is 5.92. The first-order valence-electron chi connectivity index (χ1n) is 8.44. The third kappa shape index (κ3) is 4.94. The highest BCUT2D eigenvalue weighted by Crippen LogP contribution is 2.30. The monoisotopic (exact) mass is 363 g/mol. The summed E-state index contributed by atoms with van der Waals surface area (Å²) in [7, 11) is 1.35. The fourth-order valence-corrected chi connectivity index (χ4v) is 2.59.